The summed E-state index contributed by atoms with van der Waals surface area (Å²) in [5.74, 6) is -0.00300. The number of nitrogens with two attached hydrogens (primary N) is 1. The molecule has 4 nitrogen and oxygen atoms in total. The van der Waals surface area contributed by atoms with Gasteiger partial charge in [0.2, 0.25) is 0 Å². The third-order valence-corrected chi connectivity index (χ3v) is 3.23. The second kappa shape index (κ2) is 6.03. The number of nitrogens with one attached hydrogen (secondary N) is 1. The largest absolute Gasteiger partial charge is 0.496 e. The maximum absolute atomic E-state index is 12.3. The van der Waals surface area contributed by atoms with Crippen LogP contribution in [0.1, 0.15) is 10.4 Å². The van der Waals surface area contributed by atoms with E-state index in [1.807, 2.05) is 0 Å². The van der Waals surface area contributed by atoms with Gasteiger partial charge in [0.05, 0.1) is 17.8 Å². The Morgan fingerprint density at radius 1 is 1.25 bits per heavy atom. The van der Waals surface area contributed by atoms with Crippen molar-refractivity contribution in [3.63, 3.8) is 0 Å². The number of ether oxygens (including phenoxy) is 1. The Morgan fingerprint density at radius 2 is 2.00 bits per heavy atom. The Hall–Kier alpha value is -1.91. The molecule has 3 N–H and O–H groups in total. The second-order valence-electron chi connectivity index (χ2n) is 4.00. The summed E-state index contributed by atoms with van der Waals surface area (Å²) in [7, 11) is 1.47. The standard InChI is InChI=1S/C14H12Cl2N2O2/c1-20-12-4-2-3-10(17)13(12)14(19)18-11-6-5-8(15)7-9(11)16/h2-7H,17H2,1H3,(H,18,19). The van der Waals surface area contributed by atoms with Crippen LogP contribution in [0.15, 0.2) is 36.4 Å². The highest BCUT2D eigenvalue weighted by molar-refractivity contribution is 6.36. The number of hydrogen-bond acceptors (Lipinski definition) is 3. The van der Waals surface area contributed by atoms with Crippen LogP contribution in [0.5, 0.6) is 5.75 Å². The summed E-state index contributed by atoms with van der Waals surface area (Å²) in [5, 5.41) is 3.52. The molecule has 0 heterocycles. The minimum atomic E-state index is -0.399. The van der Waals surface area contributed by atoms with Crippen molar-refractivity contribution in [3.8, 4) is 5.75 Å². The molecule has 0 atom stereocenters. The quantitative estimate of drug-likeness (QED) is 0.847. The summed E-state index contributed by atoms with van der Waals surface area (Å²) >= 11 is 11.8. The van der Waals surface area contributed by atoms with Gasteiger partial charge in [0.15, 0.2) is 0 Å². The van der Waals surface area contributed by atoms with Gasteiger partial charge in [-0.25, -0.2) is 0 Å². The van der Waals surface area contributed by atoms with Crippen molar-refractivity contribution in [1.82, 2.24) is 0 Å². The van der Waals surface area contributed by atoms with Crippen molar-refractivity contribution in [2.24, 2.45) is 0 Å². The maximum Gasteiger partial charge on any atom is 0.261 e. The van der Waals surface area contributed by atoms with Gasteiger partial charge < -0.3 is 15.8 Å². The van der Waals surface area contributed by atoms with E-state index in [0.717, 1.165) is 0 Å². The molecule has 1 amide bonds. The SMILES string of the molecule is COc1cccc(N)c1C(=O)Nc1ccc(Cl)cc1Cl. The van der Waals surface area contributed by atoms with Crippen molar-refractivity contribution >= 4 is 40.5 Å². The summed E-state index contributed by atoms with van der Waals surface area (Å²) in [6.07, 6.45) is 0. The molecule has 0 aliphatic rings. The van der Waals surface area contributed by atoms with Crippen molar-refractivity contribution in [1.29, 1.82) is 0 Å². The highest BCUT2D eigenvalue weighted by Crippen LogP contribution is 2.29. The Bertz CT molecular complexity index is 660. The average molecular weight is 311 g/mol. The van der Waals surface area contributed by atoms with Gasteiger partial charge in [0.25, 0.3) is 5.91 Å². The zero-order chi connectivity index (χ0) is 14.7. The van der Waals surface area contributed by atoms with Crippen LogP contribution in [-0.2, 0) is 0 Å². The molecule has 2 aromatic rings. The first-order valence-electron chi connectivity index (χ1n) is 5.72. The van der Waals surface area contributed by atoms with Crippen LogP contribution in [0.3, 0.4) is 0 Å². The van der Waals surface area contributed by atoms with Gasteiger partial charge in [-0.2, -0.15) is 0 Å². The summed E-state index contributed by atoms with van der Waals surface area (Å²) < 4.78 is 5.14. The first kappa shape index (κ1) is 14.5. The Labute approximate surface area is 126 Å². The first-order valence-corrected chi connectivity index (χ1v) is 6.47. The van der Waals surface area contributed by atoms with E-state index in [0.29, 0.717) is 27.2 Å². The lowest BCUT2D eigenvalue weighted by atomic mass is 10.1. The van der Waals surface area contributed by atoms with Gasteiger partial charge in [-0.15, -0.1) is 0 Å². The van der Waals surface area contributed by atoms with Gasteiger partial charge >= 0.3 is 0 Å². The zero-order valence-corrected chi connectivity index (χ0v) is 12.1. The van der Waals surface area contributed by atoms with Crippen LogP contribution in [-0.4, -0.2) is 13.0 Å². The maximum atomic E-state index is 12.3. The summed E-state index contributed by atoms with van der Waals surface area (Å²) in [5.41, 5.74) is 6.86. The molecule has 2 aromatic carbocycles. The number of halogens is 2. The van der Waals surface area contributed by atoms with Crippen LogP contribution < -0.4 is 15.8 Å². The lowest BCUT2D eigenvalue weighted by Gasteiger charge is -2.12. The number of hydrogen-bond donors (Lipinski definition) is 2. The van der Waals surface area contributed by atoms with Crippen molar-refractivity contribution < 1.29 is 9.53 Å². The fourth-order valence-corrected chi connectivity index (χ4v) is 2.19. The summed E-state index contributed by atoms with van der Waals surface area (Å²) in [6, 6.07) is 9.79. The molecule has 20 heavy (non-hydrogen) atoms. The van der Waals surface area contributed by atoms with Crippen LogP contribution >= 0.6 is 23.2 Å². The van der Waals surface area contributed by atoms with Crippen molar-refractivity contribution in [3.05, 3.63) is 52.0 Å². The second-order valence-corrected chi connectivity index (χ2v) is 4.85. The normalized spacial score (nSPS) is 10.2. The fourth-order valence-electron chi connectivity index (χ4n) is 1.74. The molecule has 0 saturated carbocycles. The lowest BCUT2D eigenvalue weighted by Crippen LogP contribution is -2.15. The monoisotopic (exact) mass is 310 g/mol. The smallest absolute Gasteiger partial charge is 0.261 e. The van der Waals surface area contributed by atoms with Gasteiger partial charge in [-0.05, 0) is 30.3 Å². The number of carbonyl (C=O) groups excluding carboxylic acids is 1. The minimum absolute atomic E-state index is 0.265. The molecule has 0 aliphatic carbocycles. The van der Waals surface area contributed by atoms with Crippen molar-refractivity contribution in [2.45, 2.75) is 0 Å². The van der Waals surface area contributed by atoms with Gasteiger partial charge in [-0.1, -0.05) is 29.3 Å². The van der Waals surface area contributed by atoms with E-state index in [-0.39, 0.29) is 5.56 Å². The molecule has 0 spiro atoms. The predicted octanol–water partition coefficient (Wildman–Crippen LogP) is 3.84. The third-order valence-electron chi connectivity index (χ3n) is 2.68. The molecule has 0 unspecified atom stereocenters. The lowest BCUT2D eigenvalue weighted by molar-refractivity contribution is 0.102. The van der Waals surface area contributed by atoms with E-state index in [2.05, 4.69) is 5.32 Å². The van der Waals surface area contributed by atoms with Crippen LogP contribution in [0, 0.1) is 0 Å². The van der Waals surface area contributed by atoms with E-state index < -0.39 is 5.91 Å². The molecule has 2 rings (SSSR count). The topological polar surface area (TPSA) is 64.3 Å². The van der Waals surface area contributed by atoms with Crippen LogP contribution in [0.25, 0.3) is 0 Å². The van der Waals surface area contributed by atoms with Crippen LogP contribution in [0.4, 0.5) is 11.4 Å². The molecule has 0 saturated heterocycles. The molecular weight excluding hydrogens is 299 g/mol. The van der Waals surface area contributed by atoms with E-state index in [9.17, 15) is 4.79 Å². The number of methoxy groups -OCH3 is 1. The Kier molecular flexibility index (Phi) is 4.37. The number of carbonyl (C=O) groups is 1. The van der Waals surface area contributed by atoms with Crippen molar-refractivity contribution in [2.75, 3.05) is 18.2 Å². The molecule has 104 valence electrons. The molecular formula is C14H12Cl2N2O2. The zero-order valence-electron chi connectivity index (χ0n) is 10.6. The van der Waals surface area contributed by atoms with Gasteiger partial charge in [-0.3, -0.25) is 4.79 Å². The molecule has 0 aliphatic heterocycles. The highest BCUT2D eigenvalue weighted by atomic mass is 35.5. The summed E-state index contributed by atoms with van der Waals surface area (Å²) in [4.78, 5) is 12.3. The molecule has 0 radical (unpaired) electrons. The predicted molar refractivity (Wildman–Crippen MR) is 81.8 cm³/mol. The minimum Gasteiger partial charge on any atom is -0.496 e. The van der Waals surface area contributed by atoms with Gasteiger partial charge in [0.1, 0.15) is 11.3 Å². The average Bonchev–Trinajstić information content (AvgIpc) is 2.41. The first-order chi connectivity index (χ1) is 9.52. The molecule has 0 aromatic heterocycles. The number of nitrogen functional groups attached to an aromatic ring is 1. The summed E-state index contributed by atoms with van der Waals surface area (Å²) in [6.45, 7) is 0. The molecule has 0 bridgehead atoms. The fraction of sp³-hybridized carbons (Fsp3) is 0.0714. The van der Waals surface area contributed by atoms with Crippen LogP contribution in [0.2, 0.25) is 10.0 Å². The Balaban J connectivity index is 2.33. The Morgan fingerprint density at radius 3 is 2.65 bits per heavy atom. The van der Waals surface area contributed by atoms with Gasteiger partial charge in [0, 0.05) is 10.7 Å². The number of amides is 1. The third kappa shape index (κ3) is 2.98. The number of anilines is 2. The number of rotatable bonds is 3. The highest BCUT2D eigenvalue weighted by Gasteiger charge is 2.16. The van der Waals surface area contributed by atoms with E-state index in [1.165, 1.54) is 7.11 Å². The molecule has 0 fully saturated rings. The van der Waals surface area contributed by atoms with E-state index in [1.54, 1.807) is 36.4 Å². The van der Waals surface area contributed by atoms with E-state index in [4.69, 9.17) is 33.7 Å². The van der Waals surface area contributed by atoms with E-state index >= 15 is 0 Å². The molecule has 6 heteroatoms. The number of benzene rings is 2.